The van der Waals surface area contributed by atoms with Crippen LogP contribution in [0.25, 0.3) is 0 Å². The van der Waals surface area contributed by atoms with Gasteiger partial charge in [0.2, 0.25) is 0 Å². The summed E-state index contributed by atoms with van der Waals surface area (Å²) in [5, 5.41) is 0. The van der Waals surface area contributed by atoms with Crippen molar-refractivity contribution in [1.29, 1.82) is 0 Å². The fourth-order valence-electron chi connectivity index (χ4n) is 2.40. The first-order valence-electron chi connectivity index (χ1n) is 4.76. The maximum Gasteiger partial charge on any atom is -0.0183 e. The summed E-state index contributed by atoms with van der Waals surface area (Å²) >= 11 is 0. The van der Waals surface area contributed by atoms with Crippen molar-refractivity contribution in [3.63, 3.8) is 0 Å². The van der Waals surface area contributed by atoms with E-state index < -0.39 is 0 Å². The second-order valence-corrected chi connectivity index (χ2v) is 4.35. The molecule has 0 heterocycles. The van der Waals surface area contributed by atoms with Gasteiger partial charge in [0.25, 0.3) is 0 Å². The van der Waals surface area contributed by atoms with Crippen molar-refractivity contribution < 1.29 is 0 Å². The Labute approximate surface area is 70.7 Å². The molecule has 0 aromatic heterocycles. The molecule has 3 unspecified atom stereocenters. The summed E-state index contributed by atoms with van der Waals surface area (Å²) in [4.78, 5) is 0. The highest BCUT2D eigenvalue weighted by molar-refractivity contribution is 5.00. The van der Waals surface area contributed by atoms with Gasteiger partial charge in [0.1, 0.15) is 0 Å². The lowest BCUT2D eigenvalue weighted by atomic mass is 9.73. The van der Waals surface area contributed by atoms with E-state index in [4.69, 9.17) is 0 Å². The van der Waals surface area contributed by atoms with Crippen molar-refractivity contribution >= 4 is 0 Å². The van der Waals surface area contributed by atoms with E-state index in [1.807, 2.05) is 0 Å². The van der Waals surface area contributed by atoms with Crippen LogP contribution in [0, 0.1) is 17.8 Å². The first-order valence-corrected chi connectivity index (χ1v) is 4.76. The van der Waals surface area contributed by atoms with Gasteiger partial charge in [0.05, 0.1) is 0 Å². The second kappa shape index (κ2) is 3.42. The minimum absolute atomic E-state index is 0.811. The van der Waals surface area contributed by atoms with E-state index >= 15 is 0 Å². The zero-order chi connectivity index (χ0) is 8.43. The van der Waals surface area contributed by atoms with Crippen LogP contribution in [0.3, 0.4) is 0 Å². The summed E-state index contributed by atoms with van der Waals surface area (Å²) in [7, 11) is 0. The molecule has 0 amide bonds. The molecule has 0 nitrogen and oxygen atoms in total. The molecular weight excluding hydrogens is 132 g/mol. The van der Waals surface area contributed by atoms with Gasteiger partial charge in [-0.05, 0) is 37.5 Å². The maximum absolute atomic E-state index is 4.05. The SMILES string of the molecule is C=C(C)C1CCC(C)CC1C. The van der Waals surface area contributed by atoms with Gasteiger partial charge in [-0.1, -0.05) is 32.4 Å². The van der Waals surface area contributed by atoms with Crippen molar-refractivity contribution in [3.05, 3.63) is 12.2 Å². The molecule has 0 radical (unpaired) electrons. The molecule has 0 spiro atoms. The number of allylic oxidation sites excluding steroid dienone is 1. The standard InChI is InChI=1S/C11H20/c1-8(2)11-6-5-9(3)7-10(11)4/h9-11H,1,5-7H2,2-4H3. The fourth-order valence-corrected chi connectivity index (χ4v) is 2.40. The smallest absolute Gasteiger partial charge is 0.0183 e. The summed E-state index contributed by atoms with van der Waals surface area (Å²) in [5.74, 6) is 2.63. The summed E-state index contributed by atoms with van der Waals surface area (Å²) < 4.78 is 0. The van der Waals surface area contributed by atoms with Crippen LogP contribution in [-0.4, -0.2) is 0 Å². The Bertz CT molecular complexity index is 146. The molecule has 0 N–H and O–H groups in total. The van der Waals surface area contributed by atoms with Crippen molar-refractivity contribution in [3.8, 4) is 0 Å². The molecule has 11 heavy (non-hydrogen) atoms. The first kappa shape index (κ1) is 8.83. The highest BCUT2D eigenvalue weighted by Crippen LogP contribution is 2.36. The monoisotopic (exact) mass is 152 g/mol. The number of hydrogen-bond donors (Lipinski definition) is 0. The van der Waals surface area contributed by atoms with Gasteiger partial charge in [0, 0.05) is 0 Å². The zero-order valence-corrected chi connectivity index (χ0v) is 8.06. The minimum atomic E-state index is 0.811. The van der Waals surface area contributed by atoms with E-state index in [1.54, 1.807) is 0 Å². The van der Waals surface area contributed by atoms with Gasteiger partial charge >= 0.3 is 0 Å². The number of hydrogen-bond acceptors (Lipinski definition) is 0. The number of rotatable bonds is 1. The normalized spacial score (nSPS) is 38.6. The molecule has 3 atom stereocenters. The first-order chi connectivity index (χ1) is 5.11. The molecule has 1 aliphatic rings. The lowest BCUT2D eigenvalue weighted by Gasteiger charge is -2.32. The van der Waals surface area contributed by atoms with Crippen molar-refractivity contribution in [2.75, 3.05) is 0 Å². The fraction of sp³-hybridized carbons (Fsp3) is 0.818. The van der Waals surface area contributed by atoms with Crippen LogP contribution >= 0.6 is 0 Å². The second-order valence-electron chi connectivity index (χ2n) is 4.35. The lowest BCUT2D eigenvalue weighted by Crippen LogP contribution is -2.21. The largest absolute Gasteiger partial charge is 0.0999 e. The summed E-state index contributed by atoms with van der Waals surface area (Å²) in [5.41, 5.74) is 1.39. The van der Waals surface area contributed by atoms with Crippen LogP contribution in [-0.2, 0) is 0 Å². The molecule has 0 bridgehead atoms. The van der Waals surface area contributed by atoms with Crippen molar-refractivity contribution in [1.82, 2.24) is 0 Å². The van der Waals surface area contributed by atoms with E-state index in [0.717, 1.165) is 17.8 Å². The molecule has 0 aromatic carbocycles. The van der Waals surface area contributed by atoms with E-state index in [2.05, 4.69) is 27.4 Å². The Morgan fingerprint density at radius 2 is 1.91 bits per heavy atom. The Morgan fingerprint density at radius 3 is 2.36 bits per heavy atom. The Kier molecular flexibility index (Phi) is 2.75. The Balaban J connectivity index is 2.50. The molecule has 1 aliphatic carbocycles. The highest BCUT2D eigenvalue weighted by atomic mass is 14.3. The van der Waals surface area contributed by atoms with Gasteiger partial charge < -0.3 is 0 Å². The quantitative estimate of drug-likeness (QED) is 0.503. The van der Waals surface area contributed by atoms with E-state index in [1.165, 1.54) is 24.8 Å². The Morgan fingerprint density at radius 1 is 1.27 bits per heavy atom. The molecule has 0 heteroatoms. The van der Waals surface area contributed by atoms with Gasteiger partial charge in [-0.2, -0.15) is 0 Å². The third-order valence-electron chi connectivity index (χ3n) is 3.06. The van der Waals surface area contributed by atoms with E-state index in [0.29, 0.717) is 0 Å². The third kappa shape index (κ3) is 2.08. The molecule has 1 fully saturated rings. The van der Waals surface area contributed by atoms with Gasteiger partial charge in [0.15, 0.2) is 0 Å². The van der Waals surface area contributed by atoms with Gasteiger partial charge in [-0.3, -0.25) is 0 Å². The van der Waals surface area contributed by atoms with Crippen LogP contribution in [0.1, 0.15) is 40.0 Å². The van der Waals surface area contributed by atoms with Crippen molar-refractivity contribution in [2.45, 2.75) is 40.0 Å². The molecule has 0 aliphatic heterocycles. The predicted molar refractivity (Wildman–Crippen MR) is 50.5 cm³/mol. The molecule has 1 saturated carbocycles. The van der Waals surface area contributed by atoms with Gasteiger partial charge in [-0.15, -0.1) is 0 Å². The molecule has 64 valence electrons. The van der Waals surface area contributed by atoms with Crippen LogP contribution < -0.4 is 0 Å². The molecule has 0 aromatic rings. The summed E-state index contributed by atoms with van der Waals surface area (Å²) in [6.45, 7) is 11.0. The zero-order valence-electron chi connectivity index (χ0n) is 8.06. The van der Waals surface area contributed by atoms with Crippen molar-refractivity contribution in [2.24, 2.45) is 17.8 Å². The minimum Gasteiger partial charge on any atom is -0.0999 e. The average Bonchev–Trinajstić information content (AvgIpc) is 1.85. The highest BCUT2D eigenvalue weighted by Gasteiger charge is 2.25. The summed E-state index contributed by atoms with van der Waals surface area (Å²) in [6, 6.07) is 0. The van der Waals surface area contributed by atoms with E-state index in [-0.39, 0.29) is 0 Å². The summed E-state index contributed by atoms with van der Waals surface area (Å²) in [6.07, 6.45) is 4.18. The van der Waals surface area contributed by atoms with Crippen LogP contribution in [0.5, 0.6) is 0 Å². The molecule has 0 saturated heterocycles. The van der Waals surface area contributed by atoms with Crippen LogP contribution in [0.15, 0.2) is 12.2 Å². The lowest BCUT2D eigenvalue weighted by molar-refractivity contribution is 0.233. The predicted octanol–water partition coefficient (Wildman–Crippen LogP) is 3.63. The van der Waals surface area contributed by atoms with Crippen LogP contribution in [0.4, 0.5) is 0 Å². The van der Waals surface area contributed by atoms with Gasteiger partial charge in [-0.25, -0.2) is 0 Å². The average molecular weight is 152 g/mol. The van der Waals surface area contributed by atoms with E-state index in [9.17, 15) is 0 Å². The molecule has 1 rings (SSSR count). The third-order valence-corrected chi connectivity index (χ3v) is 3.06. The van der Waals surface area contributed by atoms with Crippen LogP contribution in [0.2, 0.25) is 0 Å². The Hall–Kier alpha value is -0.260. The topological polar surface area (TPSA) is 0 Å². The maximum atomic E-state index is 4.05. The molecular formula is C11H20.